The number of halogens is 2. The fraction of sp³-hybridized carbons (Fsp3) is 0.278. The van der Waals surface area contributed by atoms with Crippen LogP contribution in [0.1, 0.15) is 10.4 Å². The minimum absolute atomic E-state index is 0.0246. The third-order valence-electron chi connectivity index (χ3n) is 4.17. The zero-order valence-corrected chi connectivity index (χ0v) is 16.9. The van der Waals surface area contributed by atoms with E-state index in [9.17, 15) is 13.2 Å². The van der Waals surface area contributed by atoms with Crippen LogP contribution in [0.15, 0.2) is 41.3 Å². The molecular weight excluding hydrogens is 411 g/mol. The second-order valence-electron chi connectivity index (χ2n) is 6.10. The number of hydrogen-bond donors (Lipinski definition) is 1. The molecule has 2 aromatic carbocycles. The Morgan fingerprint density at radius 1 is 1.11 bits per heavy atom. The number of nitrogens with zero attached hydrogens (tertiary/aromatic N) is 1. The maximum atomic E-state index is 12.8. The highest BCUT2D eigenvalue weighted by Gasteiger charge is 2.21. The van der Waals surface area contributed by atoms with Gasteiger partial charge in [-0.3, -0.25) is 4.79 Å². The number of carbonyl (C=O) groups is 1. The highest BCUT2D eigenvalue weighted by Crippen LogP contribution is 2.35. The normalized spacial score (nSPS) is 14.9. The molecule has 1 aliphatic heterocycles. The van der Waals surface area contributed by atoms with Gasteiger partial charge in [-0.25, -0.2) is 8.42 Å². The number of carbonyl (C=O) groups excluding carboxylic acids is 1. The lowest BCUT2D eigenvalue weighted by molar-refractivity contribution is 0.102. The van der Waals surface area contributed by atoms with Gasteiger partial charge < -0.3 is 15.0 Å². The number of amides is 1. The van der Waals surface area contributed by atoms with Crippen LogP contribution in [0.5, 0.6) is 0 Å². The SMILES string of the molecule is CS(=O)(=O)c1ccc(Cl)c(C(=O)Nc2cccc(Cl)c2N2CCOCC2)c1. The summed E-state index contributed by atoms with van der Waals surface area (Å²) in [5, 5.41) is 3.47. The van der Waals surface area contributed by atoms with Crippen molar-refractivity contribution in [3.05, 3.63) is 52.0 Å². The van der Waals surface area contributed by atoms with Gasteiger partial charge in [0.1, 0.15) is 0 Å². The number of benzene rings is 2. The number of anilines is 2. The smallest absolute Gasteiger partial charge is 0.257 e. The van der Waals surface area contributed by atoms with Crippen LogP contribution in [-0.2, 0) is 14.6 Å². The molecule has 0 unspecified atom stereocenters. The fourth-order valence-electron chi connectivity index (χ4n) is 2.82. The Hall–Kier alpha value is -1.80. The van der Waals surface area contributed by atoms with Crippen molar-refractivity contribution < 1.29 is 17.9 Å². The molecule has 0 spiro atoms. The molecule has 1 heterocycles. The summed E-state index contributed by atoms with van der Waals surface area (Å²) in [6, 6.07) is 9.26. The molecule has 1 amide bonds. The second kappa shape index (κ2) is 8.06. The van der Waals surface area contributed by atoms with Gasteiger partial charge >= 0.3 is 0 Å². The van der Waals surface area contributed by atoms with Crippen LogP contribution >= 0.6 is 23.2 Å². The lowest BCUT2D eigenvalue weighted by Crippen LogP contribution is -2.37. The summed E-state index contributed by atoms with van der Waals surface area (Å²) < 4.78 is 28.9. The third kappa shape index (κ3) is 4.55. The molecule has 0 radical (unpaired) electrons. The molecule has 3 rings (SSSR count). The van der Waals surface area contributed by atoms with Gasteiger partial charge in [0.15, 0.2) is 9.84 Å². The fourth-order valence-corrected chi connectivity index (χ4v) is 3.97. The largest absolute Gasteiger partial charge is 0.378 e. The lowest BCUT2D eigenvalue weighted by Gasteiger charge is -2.31. The first-order valence-electron chi connectivity index (χ1n) is 8.19. The summed E-state index contributed by atoms with van der Waals surface area (Å²) in [7, 11) is -3.46. The van der Waals surface area contributed by atoms with E-state index in [0.29, 0.717) is 42.7 Å². The van der Waals surface area contributed by atoms with Crippen molar-refractivity contribution in [1.82, 2.24) is 0 Å². The van der Waals surface area contributed by atoms with E-state index in [4.69, 9.17) is 27.9 Å². The van der Waals surface area contributed by atoms with E-state index in [-0.39, 0.29) is 15.5 Å². The van der Waals surface area contributed by atoms with Crippen molar-refractivity contribution in [2.24, 2.45) is 0 Å². The van der Waals surface area contributed by atoms with Gasteiger partial charge in [0.2, 0.25) is 0 Å². The van der Waals surface area contributed by atoms with Crippen molar-refractivity contribution in [3.8, 4) is 0 Å². The molecule has 9 heteroatoms. The highest BCUT2D eigenvalue weighted by molar-refractivity contribution is 7.90. The summed E-state index contributed by atoms with van der Waals surface area (Å²) >= 11 is 12.5. The van der Waals surface area contributed by atoms with Crippen molar-refractivity contribution >= 4 is 50.3 Å². The topological polar surface area (TPSA) is 75.7 Å². The first-order chi connectivity index (χ1) is 12.8. The third-order valence-corrected chi connectivity index (χ3v) is 5.92. The van der Waals surface area contributed by atoms with E-state index in [1.807, 2.05) is 4.90 Å². The van der Waals surface area contributed by atoms with Crippen molar-refractivity contribution in [2.45, 2.75) is 4.90 Å². The number of ether oxygens (including phenoxy) is 1. The van der Waals surface area contributed by atoms with Crippen LogP contribution in [0.3, 0.4) is 0 Å². The van der Waals surface area contributed by atoms with Crippen molar-refractivity contribution in [2.75, 3.05) is 42.8 Å². The predicted molar refractivity (Wildman–Crippen MR) is 107 cm³/mol. The molecule has 0 atom stereocenters. The van der Waals surface area contributed by atoms with Gasteiger partial charge in [-0.1, -0.05) is 29.3 Å². The molecule has 1 aliphatic rings. The van der Waals surface area contributed by atoms with Crippen molar-refractivity contribution in [3.63, 3.8) is 0 Å². The molecule has 144 valence electrons. The number of hydrogen-bond acceptors (Lipinski definition) is 5. The van der Waals surface area contributed by atoms with Gasteiger partial charge in [-0.15, -0.1) is 0 Å². The standard InChI is InChI=1S/C18H18Cl2N2O4S/c1-27(24,25)12-5-6-14(19)13(11-12)18(23)21-16-4-2-3-15(20)17(16)22-7-9-26-10-8-22/h2-6,11H,7-10H2,1H3,(H,21,23). The molecule has 1 fully saturated rings. The Morgan fingerprint density at radius 3 is 2.48 bits per heavy atom. The summed E-state index contributed by atoms with van der Waals surface area (Å²) in [4.78, 5) is 14.8. The molecule has 0 aromatic heterocycles. The monoisotopic (exact) mass is 428 g/mol. The van der Waals surface area contributed by atoms with Gasteiger partial charge in [0, 0.05) is 19.3 Å². The van der Waals surface area contributed by atoms with E-state index < -0.39 is 15.7 Å². The van der Waals surface area contributed by atoms with E-state index >= 15 is 0 Å². The first-order valence-corrected chi connectivity index (χ1v) is 10.8. The predicted octanol–water partition coefficient (Wildman–Crippen LogP) is 3.49. The molecule has 0 aliphatic carbocycles. The molecule has 27 heavy (non-hydrogen) atoms. The van der Waals surface area contributed by atoms with E-state index in [1.54, 1.807) is 18.2 Å². The molecular formula is C18H18Cl2N2O4S. The number of para-hydroxylation sites is 1. The van der Waals surface area contributed by atoms with Crippen LogP contribution in [0.2, 0.25) is 10.0 Å². The van der Waals surface area contributed by atoms with Crippen molar-refractivity contribution in [1.29, 1.82) is 0 Å². The Labute approximate surface area is 167 Å². The van der Waals surface area contributed by atoms with Crippen LogP contribution in [0, 0.1) is 0 Å². The number of nitrogens with one attached hydrogen (secondary N) is 1. The quantitative estimate of drug-likeness (QED) is 0.806. The van der Waals surface area contributed by atoms with Gasteiger partial charge in [-0.2, -0.15) is 0 Å². The summed E-state index contributed by atoms with van der Waals surface area (Å²) in [6.07, 6.45) is 1.07. The average Bonchev–Trinajstić information content (AvgIpc) is 2.62. The Kier molecular flexibility index (Phi) is 5.95. The lowest BCUT2D eigenvalue weighted by atomic mass is 10.2. The van der Waals surface area contributed by atoms with Gasteiger partial charge in [0.25, 0.3) is 5.91 Å². The molecule has 6 nitrogen and oxygen atoms in total. The number of rotatable bonds is 4. The molecule has 2 aromatic rings. The Bertz CT molecular complexity index is 973. The van der Waals surface area contributed by atoms with Crippen LogP contribution < -0.4 is 10.2 Å². The Balaban J connectivity index is 1.94. The summed E-state index contributed by atoms with van der Waals surface area (Å²) in [5.74, 6) is -0.512. The van der Waals surface area contributed by atoms with Crippen LogP contribution in [0.4, 0.5) is 11.4 Å². The maximum absolute atomic E-state index is 12.8. The average molecular weight is 429 g/mol. The zero-order valence-electron chi connectivity index (χ0n) is 14.5. The minimum Gasteiger partial charge on any atom is -0.378 e. The highest BCUT2D eigenvalue weighted by atomic mass is 35.5. The molecule has 1 saturated heterocycles. The molecule has 0 saturated carbocycles. The van der Waals surface area contributed by atoms with Gasteiger partial charge in [0.05, 0.1) is 45.1 Å². The zero-order chi connectivity index (χ0) is 19.6. The summed E-state index contributed by atoms with van der Waals surface area (Å²) in [5.41, 5.74) is 1.30. The molecule has 0 bridgehead atoms. The minimum atomic E-state index is -3.46. The van der Waals surface area contributed by atoms with Gasteiger partial charge in [-0.05, 0) is 30.3 Å². The maximum Gasteiger partial charge on any atom is 0.257 e. The van der Waals surface area contributed by atoms with E-state index in [2.05, 4.69) is 5.32 Å². The second-order valence-corrected chi connectivity index (χ2v) is 8.93. The summed E-state index contributed by atoms with van der Waals surface area (Å²) in [6.45, 7) is 2.44. The van der Waals surface area contributed by atoms with E-state index in [1.165, 1.54) is 18.2 Å². The number of sulfone groups is 1. The molecule has 1 N–H and O–H groups in total. The van der Waals surface area contributed by atoms with Crippen LogP contribution in [-0.4, -0.2) is 46.9 Å². The first kappa shape index (κ1) is 19.9. The number of morpholine rings is 1. The van der Waals surface area contributed by atoms with E-state index in [0.717, 1.165) is 6.26 Å². The van der Waals surface area contributed by atoms with Crippen LogP contribution in [0.25, 0.3) is 0 Å². The Morgan fingerprint density at radius 2 is 1.81 bits per heavy atom.